The second-order valence-corrected chi connectivity index (χ2v) is 3.14. The van der Waals surface area contributed by atoms with Crippen molar-refractivity contribution in [3.63, 3.8) is 0 Å². The van der Waals surface area contributed by atoms with Crippen LogP contribution in [0.2, 0.25) is 0 Å². The molecule has 2 rings (SSSR count). The standard InChI is InChI=1S/C12H9NO2/c14-8-10-6-12(9-15)13(7-10)11-4-2-1-3-5-11/h1-9H. The third-order valence-corrected chi connectivity index (χ3v) is 2.16. The molecule has 0 saturated carbocycles. The third kappa shape index (κ3) is 1.72. The summed E-state index contributed by atoms with van der Waals surface area (Å²) in [5.41, 5.74) is 1.84. The molecule has 0 fully saturated rings. The van der Waals surface area contributed by atoms with Crippen molar-refractivity contribution in [1.29, 1.82) is 0 Å². The first kappa shape index (κ1) is 9.40. The van der Waals surface area contributed by atoms with Crippen LogP contribution < -0.4 is 0 Å². The molecule has 1 aromatic heterocycles. The highest BCUT2D eigenvalue weighted by Gasteiger charge is 2.05. The van der Waals surface area contributed by atoms with E-state index in [4.69, 9.17) is 0 Å². The molecule has 3 heteroatoms. The molecular weight excluding hydrogens is 190 g/mol. The Kier molecular flexibility index (Phi) is 2.46. The van der Waals surface area contributed by atoms with E-state index < -0.39 is 0 Å². The maximum absolute atomic E-state index is 10.8. The van der Waals surface area contributed by atoms with Crippen molar-refractivity contribution in [3.8, 4) is 5.69 Å². The number of rotatable bonds is 3. The maximum Gasteiger partial charge on any atom is 0.166 e. The van der Waals surface area contributed by atoms with E-state index in [0.717, 1.165) is 18.3 Å². The van der Waals surface area contributed by atoms with Crippen molar-refractivity contribution in [3.05, 3.63) is 53.9 Å². The summed E-state index contributed by atoms with van der Waals surface area (Å²) in [4.78, 5) is 21.4. The van der Waals surface area contributed by atoms with Crippen molar-refractivity contribution in [2.75, 3.05) is 0 Å². The van der Waals surface area contributed by atoms with E-state index >= 15 is 0 Å². The topological polar surface area (TPSA) is 39.1 Å². The summed E-state index contributed by atoms with van der Waals surface area (Å²) in [7, 11) is 0. The second-order valence-electron chi connectivity index (χ2n) is 3.14. The number of carbonyl (C=O) groups excluding carboxylic acids is 2. The van der Waals surface area contributed by atoms with Gasteiger partial charge in [-0.25, -0.2) is 0 Å². The molecule has 0 aliphatic rings. The van der Waals surface area contributed by atoms with Gasteiger partial charge < -0.3 is 4.57 Å². The lowest BCUT2D eigenvalue weighted by molar-refractivity contribution is 0.111. The molecule has 0 unspecified atom stereocenters. The molecule has 0 bridgehead atoms. The Balaban J connectivity index is 2.56. The number of benzene rings is 1. The largest absolute Gasteiger partial charge is 0.313 e. The molecule has 1 heterocycles. The van der Waals surface area contributed by atoms with Crippen LogP contribution in [-0.2, 0) is 0 Å². The van der Waals surface area contributed by atoms with E-state index in [-0.39, 0.29) is 0 Å². The molecule has 3 nitrogen and oxygen atoms in total. The molecule has 0 aliphatic heterocycles. The van der Waals surface area contributed by atoms with Crippen LogP contribution >= 0.6 is 0 Å². The lowest BCUT2D eigenvalue weighted by Gasteiger charge is -2.03. The van der Waals surface area contributed by atoms with E-state index in [0.29, 0.717) is 11.3 Å². The van der Waals surface area contributed by atoms with Crippen LogP contribution in [0.4, 0.5) is 0 Å². The minimum absolute atomic E-state index is 0.475. The van der Waals surface area contributed by atoms with Crippen molar-refractivity contribution in [2.24, 2.45) is 0 Å². The normalized spacial score (nSPS) is 9.87. The first-order valence-electron chi connectivity index (χ1n) is 4.53. The van der Waals surface area contributed by atoms with E-state index in [1.165, 1.54) is 0 Å². The zero-order valence-corrected chi connectivity index (χ0v) is 7.96. The van der Waals surface area contributed by atoms with Crippen molar-refractivity contribution in [2.45, 2.75) is 0 Å². The first-order valence-corrected chi connectivity index (χ1v) is 4.53. The number of hydrogen-bond acceptors (Lipinski definition) is 2. The summed E-state index contributed by atoms with van der Waals surface area (Å²) >= 11 is 0. The van der Waals surface area contributed by atoms with Crippen LogP contribution in [-0.4, -0.2) is 17.1 Å². The van der Waals surface area contributed by atoms with Crippen LogP contribution in [0.5, 0.6) is 0 Å². The van der Waals surface area contributed by atoms with Crippen molar-refractivity contribution in [1.82, 2.24) is 4.57 Å². The number of hydrogen-bond donors (Lipinski definition) is 0. The molecule has 0 amide bonds. The lowest BCUT2D eigenvalue weighted by Crippen LogP contribution is -1.96. The number of carbonyl (C=O) groups is 2. The van der Waals surface area contributed by atoms with Gasteiger partial charge in [0.15, 0.2) is 12.6 Å². The Hall–Kier alpha value is -2.16. The summed E-state index contributed by atoms with van der Waals surface area (Å²) in [5.74, 6) is 0. The summed E-state index contributed by atoms with van der Waals surface area (Å²) in [6.07, 6.45) is 3.11. The smallest absolute Gasteiger partial charge is 0.166 e. The molecular formula is C12H9NO2. The van der Waals surface area contributed by atoms with Crippen LogP contribution in [0, 0.1) is 0 Å². The van der Waals surface area contributed by atoms with Gasteiger partial charge in [0, 0.05) is 17.4 Å². The van der Waals surface area contributed by atoms with Crippen LogP contribution in [0.3, 0.4) is 0 Å². The predicted octanol–water partition coefficient (Wildman–Crippen LogP) is 2.10. The lowest BCUT2D eigenvalue weighted by atomic mass is 10.3. The summed E-state index contributed by atoms with van der Waals surface area (Å²) in [5, 5.41) is 0. The molecule has 0 saturated heterocycles. The van der Waals surface area contributed by atoms with E-state index in [9.17, 15) is 9.59 Å². The minimum Gasteiger partial charge on any atom is -0.313 e. The summed E-state index contributed by atoms with van der Waals surface area (Å²) in [6.45, 7) is 0. The van der Waals surface area contributed by atoms with Gasteiger partial charge >= 0.3 is 0 Å². The summed E-state index contributed by atoms with van der Waals surface area (Å²) in [6, 6.07) is 11.0. The highest BCUT2D eigenvalue weighted by Crippen LogP contribution is 2.13. The van der Waals surface area contributed by atoms with Gasteiger partial charge in [0.25, 0.3) is 0 Å². The minimum atomic E-state index is 0.475. The molecule has 1 aromatic carbocycles. The second kappa shape index (κ2) is 3.92. The Morgan fingerprint density at radius 2 is 1.73 bits per heavy atom. The zero-order valence-electron chi connectivity index (χ0n) is 7.96. The van der Waals surface area contributed by atoms with Gasteiger partial charge in [-0.1, -0.05) is 18.2 Å². The van der Waals surface area contributed by atoms with Gasteiger partial charge in [0.1, 0.15) is 0 Å². The molecule has 0 aliphatic carbocycles. The maximum atomic E-state index is 10.8. The molecule has 0 atom stereocenters. The average molecular weight is 199 g/mol. The highest BCUT2D eigenvalue weighted by molar-refractivity contribution is 5.82. The Morgan fingerprint density at radius 1 is 1.00 bits per heavy atom. The number of para-hydroxylation sites is 1. The Labute approximate surface area is 87.0 Å². The Bertz CT molecular complexity index is 486. The number of aromatic nitrogens is 1. The van der Waals surface area contributed by atoms with E-state index in [2.05, 4.69) is 0 Å². The van der Waals surface area contributed by atoms with Gasteiger partial charge in [-0.15, -0.1) is 0 Å². The quantitative estimate of drug-likeness (QED) is 0.710. The molecule has 0 radical (unpaired) electrons. The van der Waals surface area contributed by atoms with Crippen LogP contribution in [0.15, 0.2) is 42.6 Å². The van der Waals surface area contributed by atoms with Crippen molar-refractivity contribution < 1.29 is 9.59 Å². The number of nitrogens with zero attached hydrogens (tertiary/aromatic N) is 1. The van der Waals surface area contributed by atoms with E-state index in [1.54, 1.807) is 16.8 Å². The molecule has 74 valence electrons. The third-order valence-electron chi connectivity index (χ3n) is 2.16. The SMILES string of the molecule is O=Cc1cc(C=O)n(-c2ccccc2)c1. The zero-order chi connectivity index (χ0) is 10.7. The average Bonchev–Trinajstić information content (AvgIpc) is 2.73. The van der Waals surface area contributed by atoms with E-state index in [1.807, 2.05) is 30.3 Å². The van der Waals surface area contributed by atoms with Gasteiger partial charge in [0.2, 0.25) is 0 Å². The summed E-state index contributed by atoms with van der Waals surface area (Å²) < 4.78 is 1.69. The number of aldehydes is 2. The molecule has 0 N–H and O–H groups in total. The molecule has 0 spiro atoms. The fourth-order valence-corrected chi connectivity index (χ4v) is 1.47. The monoisotopic (exact) mass is 199 g/mol. The fraction of sp³-hybridized carbons (Fsp3) is 0. The highest BCUT2D eigenvalue weighted by atomic mass is 16.1. The molecule has 2 aromatic rings. The Morgan fingerprint density at radius 3 is 2.33 bits per heavy atom. The molecule has 15 heavy (non-hydrogen) atoms. The first-order chi connectivity index (χ1) is 7.35. The van der Waals surface area contributed by atoms with Gasteiger partial charge in [0.05, 0.1) is 5.69 Å². The van der Waals surface area contributed by atoms with Gasteiger partial charge in [-0.3, -0.25) is 9.59 Å². The van der Waals surface area contributed by atoms with Crippen LogP contribution in [0.1, 0.15) is 20.8 Å². The predicted molar refractivity (Wildman–Crippen MR) is 56.5 cm³/mol. The van der Waals surface area contributed by atoms with Gasteiger partial charge in [-0.2, -0.15) is 0 Å². The van der Waals surface area contributed by atoms with Crippen molar-refractivity contribution >= 4 is 12.6 Å². The van der Waals surface area contributed by atoms with Gasteiger partial charge in [-0.05, 0) is 18.2 Å². The van der Waals surface area contributed by atoms with Crippen LogP contribution in [0.25, 0.3) is 5.69 Å². The fourth-order valence-electron chi connectivity index (χ4n) is 1.47.